The van der Waals surface area contributed by atoms with Gasteiger partial charge in [0.25, 0.3) is 0 Å². The summed E-state index contributed by atoms with van der Waals surface area (Å²) < 4.78 is 17.0. The molecule has 0 aromatic rings. The number of allylic oxidation sites excluding steroid dienone is 4. The average molecular weight is 740 g/mol. The Kier molecular flexibility index (Phi) is 21.2. The van der Waals surface area contributed by atoms with Crippen LogP contribution in [0.25, 0.3) is 0 Å². The van der Waals surface area contributed by atoms with Crippen LogP contribution in [0.1, 0.15) is 180 Å². The molecule has 0 aromatic heterocycles. The van der Waals surface area contributed by atoms with Crippen LogP contribution in [0.3, 0.4) is 0 Å². The average Bonchev–Trinajstić information content (AvgIpc) is 3.14. The largest absolute Gasteiger partial charge is 0.465 e. The van der Waals surface area contributed by atoms with E-state index in [-0.39, 0.29) is 43.6 Å². The molecule has 1 heterocycles. The zero-order valence-electron chi connectivity index (χ0n) is 33.9. The van der Waals surface area contributed by atoms with Crippen molar-refractivity contribution in [3.8, 4) is 0 Å². The van der Waals surface area contributed by atoms with Crippen molar-refractivity contribution in [2.75, 3.05) is 39.5 Å². The fourth-order valence-corrected chi connectivity index (χ4v) is 10.1. The molecule has 0 aromatic carbocycles. The first-order chi connectivity index (χ1) is 25.9. The molecule has 53 heavy (non-hydrogen) atoms. The van der Waals surface area contributed by atoms with E-state index in [0.29, 0.717) is 24.7 Å². The number of hydrogen-bond acceptors (Lipinski definition) is 7. The summed E-state index contributed by atoms with van der Waals surface area (Å²) in [6.07, 6.45) is 39.2. The lowest BCUT2D eigenvalue weighted by Gasteiger charge is -2.57. The molecule has 7 heteroatoms. The summed E-state index contributed by atoms with van der Waals surface area (Å²) in [6.45, 7) is 5.70. The maximum absolute atomic E-state index is 12.8. The maximum Gasteiger partial charge on any atom is 0.305 e. The molecule has 4 aliphatic carbocycles. The van der Waals surface area contributed by atoms with Crippen LogP contribution in [0.4, 0.5) is 0 Å². The van der Waals surface area contributed by atoms with Gasteiger partial charge in [-0.25, -0.2) is 0 Å². The number of nitrogens with zero attached hydrogens (tertiary/aromatic N) is 1. The molecule has 1 atom stereocenters. The first-order valence-electron chi connectivity index (χ1n) is 22.4. The van der Waals surface area contributed by atoms with Crippen LogP contribution in [0.2, 0.25) is 0 Å². The van der Waals surface area contributed by atoms with E-state index < -0.39 is 0 Å². The molecule has 1 aliphatic heterocycles. The van der Waals surface area contributed by atoms with Crippen molar-refractivity contribution in [2.45, 2.75) is 180 Å². The lowest BCUT2D eigenvalue weighted by molar-refractivity contribution is -0.153. The number of carbonyl (C=O) groups is 3. The standard InChI is InChI=1S/C46H77NO6/c1-2-3-4-5-6-7-8-9-10-11-12-13-14-15-16-18-23-43(48)51-36-42(38-53-45(50)25-22-29-47-27-19-17-20-28-47)37-52-44(49)24-21-26-46-33-39-30-40(34-46)32-41(31-39)35-46/h6-7,9-10,39-42H,2-5,8,11-38H2,1H3/b7-6-,10-9-. The zero-order valence-corrected chi connectivity index (χ0v) is 33.9. The van der Waals surface area contributed by atoms with Gasteiger partial charge < -0.3 is 19.1 Å². The second-order valence-electron chi connectivity index (χ2n) is 17.5. The number of unbranched alkanes of at least 4 members (excludes halogenated alkanes) is 9. The van der Waals surface area contributed by atoms with Gasteiger partial charge in [0.1, 0.15) is 19.8 Å². The predicted octanol–water partition coefficient (Wildman–Crippen LogP) is 11.1. The van der Waals surface area contributed by atoms with Crippen molar-refractivity contribution in [1.82, 2.24) is 4.90 Å². The first-order valence-corrected chi connectivity index (χ1v) is 22.4. The van der Waals surface area contributed by atoms with Gasteiger partial charge in [-0.15, -0.1) is 0 Å². The molecule has 4 saturated carbocycles. The van der Waals surface area contributed by atoms with E-state index >= 15 is 0 Å². The molecule has 4 bridgehead atoms. The van der Waals surface area contributed by atoms with E-state index in [1.807, 2.05) is 0 Å². The summed E-state index contributed by atoms with van der Waals surface area (Å²) in [7, 11) is 0. The first kappa shape index (κ1) is 43.6. The molecular formula is C46H77NO6. The predicted molar refractivity (Wildman–Crippen MR) is 214 cm³/mol. The van der Waals surface area contributed by atoms with Gasteiger partial charge in [-0.2, -0.15) is 0 Å². The third-order valence-corrected chi connectivity index (χ3v) is 12.6. The molecule has 0 radical (unpaired) electrons. The van der Waals surface area contributed by atoms with Gasteiger partial charge in [0.15, 0.2) is 0 Å². The van der Waals surface area contributed by atoms with E-state index in [0.717, 1.165) is 88.8 Å². The third-order valence-electron chi connectivity index (χ3n) is 12.6. The molecule has 0 amide bonds. The summed E-state index contributed by atoms with van der Waals surface area (Å²) in [6, 6.07) is 0. The highest BCUT2D eigenvalue weighted by Gasteiger charge is 2.50. The second-order valence-corrected chi connectivity index (χ2v) is 17.5. The third kappa shape index (κ3) is 18.4. The summed E-state index contributed by atoms with van der Waals surface area (Å²) in [5.74, 6) is 1.75. The lowest BCUT2D eigenvalue weighted by Crippen LogP contribution is -2.45. The lowest BCUT2D eigenvalue weighted by atomic mass is 9.48. The smallest absolute Gasteiger partial charge is 0.305 e. The minimum atomic E-state index is -0.354. The maximum atomic E-state index is 12.8. The van der Waals surface area contributed by atoms with Gasteiger partial charge >= 0.3 is 17.9 Å². The van der Waals surface area contributed by atoms with Crippen LogP contribution in [0.15, 0.2) is 24.3 Å². The Morgan fingerprint density at radius 1 is 0.604 bits per heavy atom. The van der Waals surface area contributed by atoms with Crippen LogP contribution in [0.5, 0.6) is 0 Å². The number of likely N-dealkylation sites (tertiary alicyclic amines) is 1. The summed E-state index contributed by atoms with van der Waals surface area (Å²) in [5.41, 5.74) is 0.468. The SMILES string of the molecule is CCCCC/C=C\C/C=C\CCCCCCCCC(=O)OCC(COC(=O)CCCN1CCCCC1)COC(=O)CCCC12CC3CC(CC(C3)C1)C2. The molecule has 5 rings (SSSR count). The minimum Gasteiger partial charge on any atom is -0.465 e. The van der Waals surface area contributed by atoms with E-state index in [2.05, 4.69) is 36.1 Å². The Balaban J connectivity index is 1.06. The van der Waals surface area contributed by atoms with Crippen LogP contribution >= 0.6 is 0 Å². The van der Waals surface area contributed by atoms with E-state index in [1.54, 1.807) is 0 Å². The van der Waals surface area contributed by atoms with Crippen molar-refractivity contribution < 1.29 is 28.6 Å². The second kappa shape index (κ2) is 25.8. The number of hydrogen-bond donors (Lipinski definition) is 0. The number of esters is 3. The Morgan fingerprint density at radius 3 is 1.66 bits per heavy atom. The molecular weight excluding hydrogens is 663 g/mol. The van der Waals surface area contributed by atoms with Crippen molar-refractivity contribution in [2.24, 2.45) is 29.1 Å². The van der Waals surface area contributed by atoms with Crippen molar-refractivity contribution in [3.63, 3.8) is 0 Å². The molecule has 0 spiro atoms. The van der Waals surface area contributed by atoms with Crippen LogP contribution in [0, 0.1) is 29.1 Å². The quantitative estimate of drug-likeness (QED) is 0.0327. The Hall–Kier alpha value is -2.15. The molecule has 5 fully saturated rings. The van der Waals surface area contributed by atoms with Gasteiger partial charge in [-0.1, -0.05) is 76.2 Å². The molecule has 1 unspecified atom stereocenters. The van der Waals surface area contributed by atoms with Crippen LogP contribution < -0.4 is 0 Å². The van der Waals surface area contributed by atoms with Crippen molar-refractivity contribution in [3.05, 3.63) is 24.3 Å². The van der Waals surface area contributed by atoms with Gasteiger partial charge in [0.05, 0.1) is 5.92 Å². The van der Waals surface area contributed by atoms with Crippen molar-refractivity contribution >= 4 is 17.9 Å². The molecule has 302 valence electrons. The topological polar surface area (TPSA) is 82.1 Å². The fourth-order valence-electron chi connectivity index (χ4n) is 10.1. The summed E-state index contributed by atoms with van der Waals surface area (Å²) in [4.78, 5) is 40.5. The van der Waals surface area contributed by atoms with Gasteiger partial charge in [0, 0.05) is 19.3 Å². The normalized spacial score (nSPS) is 24.6. The van der Waals surface area contributed by atoms with E-state index in [1.165, 1.54) is 103 Å². The molecule has 0 N–H and O–H groups in total. The van der Waals surface area contributed by atoms with Crippen molar-refractivity contribution in [1.29, 1.82) is 0 Å². The number of carbonyl (C=O) groups excluding carboxylic acids is 3. The van der Waals surface area contributed by atoms with Gasteiger partial charge in [0.2, 0.25) is 0 Å². The number of rotatable bonds is 29. The Labute approximate surface area is 323 Å². The highest BCUT2D eigenvalue weighted by atomic mass is 16.6. The minimum absolute atomic E-state index is 0.0985. The van der Waals surface area contributed by atoms with E-state index in [4.69, 9.17) is 14.2 Å². The van der Waals surface area contributed by atoms with Crippen LogP contribution in [-0.4, -0.2) is 62.3 Å². The number of piperidine rings is 1. The number of ether oxygens (including phenoxy) is 3. The Morgan fingerprint density at radius 2 is 1.09 bits per heavy atom. The zero-order chi connectivity index (χ0) is 37.4. The fraction of sp³-hybridized carbons (Fsp3) is 0.848. The van der Waals surface area contributed by atoms with Gasteiger partial charge in [-0.3, -0.25) is 14.4 Å². The summed E-state index contributed by atoms with van der Waals surface area (Å²) in [5, 5.41) is 0. The highest BCUT2D eigenvalue weighted by Crippen LogP contribution is 2.61. The molecule has 1 saturated heterocycles. The summed E-state index contributed by atoms with van der Waals surface area (Å²) >= 11 is 0. The highest BCUT2D eigenvalue weighted by molar-refractivity contribution is 5.70. The van der Waals surface area contributed by atoms with Crippen LogP contribution in [-0.2, 0) is 28.6 Å². The monoisotopic (exact) mass is 740 g/mol. The molecule has 7 nitrogen and oxygen atoms in total. The van der Waals surface area contributed by atoms with Gasteiger partial charge in [-0.05, 0) is 152 Å². The molecule has 5 aliphatic rings. The Bertz CT molecular complexity index is 1060. The van der Waals surface area contributed by atoms with E-state index in [9.17, 15) is 14.4 Å².